The third-order valence-corrected chi connectivity index (χ3v) is 6.27. The van der Waals surface area contributed by atoms with E-state index in [0.29, 0.717) is 43.9 Å². The molecular formula is C26H28F6N2O5. The first-order valence-electron chi connectivity index (χ1n) is 11.9. The molecule has 3 rings (SSSR count). The van der Waals surface area contributed by atoms with Crippen molar-refractivity contribution in [2.75, 3.05) is 46.9 Å². The van der Waals surface area contributed by atoms with Crippen LogP contribution in [0, 0.1) is 0 Å². The number of alkyl halides is 6. The second-order valence-corrected chi connectivity index (χ2v) is 8.96. The monoisotopic (exact) mass is 562 g/mol. The van der Waals surface area contributed by atoms with Gasteiger partial charge < -0.3 is 14.2 Å². The van der Waals surface area contributed by atoms with Crippen LogP contribution in [-0.4, -0.2) is 74.9 Å². The Morgan fingerprint density at radius 1 is 0.821 bits per heavy atom. The lowest BCUT2D eigenvalue weighted by molar-refractivity contribution is -0.144. The molecule has 1 heterocycles. The van der Waals surface area contributed by atoms with Crippen molar-refractivity contribution in [3.63, 3.8) is 0 Å². The van der Waals surface area contributed by atoms with Gasteiger partial charge >= 0.3 is 24.3 Å². The van der Waals surface area contributed by atoms with Crippen molar-refractivity contribution in [2.45, 2.75) is 31.6 Å². The van der Waals surface area contributed by atoms with Crippen LogP contribution in [0.15, 0.2) is 42.5 Å². The van der Waals surface area contributed by atoms with E-state index in [-0.39, 0.29) is 24.6 Å². The fourth-order valence-corrected chi connectivity index (χ4v) is 4.14. The second kappa shape index (κ2) is 12.8. The SMILES string of the molecule is COC(=O)CN1CCN(C(Cc2ccc(C(=O)OC)cc2)OCc2cc(C(F)(F)F)cc(C(F)(F)F)c2)CC1. The Hall–Kier alpha value is -3.16. The first-order valence-corrected chi connectivity index (χ1v) is 11.9. The standard InChI is InChI=1S/C26H28F6N2O5/c1-37-23(35)15-33-7-9-34(10-8-33)22(13-17-3-5-19(6-4-17)24(36)38-2)39-16-18-11-20(25(27,28)29)14-21(12-18)26(30,31)32/h3-6,11-12,14,22H,7-10,13,15-16H2,1-2H3. The summed E-state index contributed by atoms with van der Waals surface area (Å²) in [5.74, 6) is -0.923. The summed E-state index contributed by atoms with van der Waals surface area (Å²) in [5, 5.41) is 0. The molecule has 7 nitrogen and oxygen atoms in total. The summed E-state index contributed by atoms with van der Waals surface area (Å²) in [6, 6.07) is 7.80. The highest BCUT2D eigenvalue weighted by atomic mass is 19.4. The first kappa shape index (κ1) is 30.4. The number of methoxy groups -OCH3 is 2. The molecular weight excluding hydrogens is 534 g/mol. The van der Waals surface area contributed by atoms with Gasteiger partial charge in [-0.1, -0.05) is 12.1 Å². The molecule has 0 aliphatic carbocycles. The molecule has 0 bridgehead atoms. The molecule has 1 saturated heterocycles. The molecule has 1 unspecified atom stereocenters. The molecule has 13 heteroatoms. The topological polar surface area (TPSA) is 68.3 Å². The van der Waals surface area contributed by atoms with Crippen LogP contribution in [0.4, 0.5) is 26.3 Å². The average Bonchev–Trinajstić information content (AvgIpc) is 2.90. The van der Waals surface area contributed by atoms with Crippen molar-refractivity contribution < 1.29 is 50.1 Å². The van der Waals surface area contributed by atoms with Gasteiger partial charge in [0, 0.05) is 32.6 Å². The number of ether oxygens (including phenoxy) is 3. The number of carbonyl (C=O) groups is 2. The Morgan fingerprint density at radius 3 is 1.87 bits per heavy atom. The maximum Gasteiger partial charge on any atom is 0.416 e. The number of halogens is 6. The van der Waals surface area contributed by atoms with Gasteiger partial charge in [0.2, 0.25) is 0 Å². The zero-order valence-electron chi connectivity index (χ0n) is 21.3. The van der Waals surface area contributed by atoms with Crippen molar-refractivity contribution in [3.8, 4) is 0 Å². The van der Waals surface area contributed by atoms with Gasteiger partial charge in [0.1, 0.15) is 6.23 Å². The number of hydrogen-bond acceptors (Lipinski definition) is 7. The molecule has 0 aromatic heterocycles. The number of nitrogens with zero attached hydrogens (tertiary/aromatic N) is 2. The normalized spacial score (nSPS) is 16.1. The Balaban J connectivity index is 1.81. The van der Waals surface area contributed by atoms with E-state index in [0.717, 1.165) is 5.56 Å². The van der Waals surface area contributed by atoms with Crippen LogP contribution in [0.3, 0.4) is 0 Å². The number of hydrogen-bond donors (Lipinski definition) is 0. The molecule has 1 aliphatic rings. The highest BCUT2D eigenvalue weighted by Gasteiger charge is 2.37. The molecule has 1 aliphatic heterocycles. The fraction of sp³-hybridized carbons (Fsp3) is 0.462. The van der Waals surface area contributed by atoms with Gasteiger partial charge in [-0.25, -0.2) is 4.79 Å². The molecule has 2 aromatic rings. The summed E-state index contributed by atoms with van der Waals surface area (Å²) < 4.78 is 95.1. The van der Waals surface area contributed by atoms with E-state index < -0.39 is 48.3 Å². The molecule has 214 valence electrons. The molecule has 0 radical (unpaired) electrons. The van der Waals surface area contributed by atoms with E-state index in [1.807, 2.05) is 9.80 Å². The van der Waals surface area contributed by atoms with Gasteiger partial charge in [-0.2, -0.15) is 26.3 Å². The summed E-state index contributed by atoms with van der Waals surface area (Å²) in [7, 11) is 2.53. The number of carbonyl (C=O) groups excluding carboxylic acids is 2. The Morgan fingerprint density at radius 2 is 1.38 bits per heavy atom. The van der Waals surface area contributed by atoms with E-state index in [4.69, 9.17) is 4.74 Å². The highest BCUT2D eigenvalue weighted by molar-refractivity contribution is 5.89. The fourth-order valence-electron chi connectivity index (χ4n) is 4.14. The highest BCUT2D eigenvalue weighted by Crippen LogP contribution is 2.36. The van der Waals surface area contributed by atoms with Crippen LogP contribution >= 0.6 is 0 Å². The molecule has 0 N–H and O–H groups in total. The Kier molecular flexibility index (Phi) is 9.97. The lowest BCUT2D eigenvalue weighted by Gasteiger charge is -2.38. The number of rotatable bonds is 9. The molecule has 1 fully saturated rings. The largest absolute Gasteiger partial charge is 0.468 e. The van der Waals surface area contributed by atoms with Crippen LogP contribution in [0.1, 0.15) is 32.6 Å². The minimum absolute atomic E-state index is 0.0738. The maximum absolute atomic E-state index is 13.3. The third kappa shape index (κ3) is 8.67. The first-order chi connectivity index (χ1) is 18.3. The summed E-state index contributed by atoms with van der Waals surface area (Å²) in [6.07, 6.45) is -10.4. The van der Waals surface area contributed by atoms with Crippen molar-refractivity contribution in [2.24, 2.45) is 0 Å². The molecule has 1 atom stereocenters. The van der Waals surface area contributed by atoms with Gasteiger partial charge in [-0.05, 0) is 41.5 Å². The van der Waals surface area contributed by atoms with Gasteiger partial charge in [0.05, 0.1) is 44.1 Å². The van der Waals surface area contributed by atoms with E-state index in [2.05, 4.69) is 9.47 Å². The smallest absolute Gasteiger partial charge is 0.416 e. The van der Waals surface area contributed by atoms with Crippen LogP contribution in [0.2, 0.25) is 0 Å². The van der Waals surface area contributed by atoms with Crippen LogP contribution in [-0.2, 0) is 44.4 Å². The van der Waals surface area contributed by atoms with Crippen molar-refractivity contribution >= 4 is 11.9 Å². The van der Waals surface area contributed by atoms with Crippen molar-refractivity contribution in [1.82, 2.24) is 9.80 Å². The minimum atomic E-state index is -4.97. The average molecular weight is 563 g/mol. The van der Waals surface area contributed by atoms with Crippen molar-refractivity contribution in [1.29, 1.82) is 0 Å². The summed E-state index contributed by atoms with van der Waals surface area (Å²) in [5.41, 5.74) is -2.06. The van der Waals surface area contributed by atoms with Crippen LogP contribution in [0.5, 0.6) is 0 Å². The molecule has 2 aromatic carbocycles. The molecule has 39 heavy (non-hydrogen) atoms. The Labute approximate surface area is 221 Å². The van der Waals surface area contributed by atoms with E-state index in [1.165, 1.54) is 14.2 Å². The number of benzene rings is 2. The molecule has 0 spiro atoms. The van der Waals surface area contributed by atoms with Crippen molar-refractivity contribution in [3.05, 3.63) is 70.3 Å². The summed E-state index contributed by atoms with van der Waals surface area (Å²) in [6.45, 7) is 1.39. The molecule has 0 amide bonds. The third-order valence-electron chi connectivity index (χ3n) is 6.27. The Bertz CT molecular complexity index is 1100. The minimum Gasteiger partial charge on any atom is -0.468 e. The lowest BCUT2D eigenvalue weighted by Crippen LogP contribution is -2.52. The number of piperazine rings is 1. The lowest BCUT2D eigenvalue weighted by atomic mass is 10.0. The van der Waals surface area contributed by atoms with Crippen LogP contribution in [0.25, 0.3) is 0 Å². The van der Waals surface area contributed by atoms with E-state index in [1.54, 1.807) is 24.3 Å². The quantitative estimate of drug-likeness (QED) is 0.332. The second-order valence-electron chi connectivity index (χ2n) is 8.96. The van der Waals surface area contributed by atoms with Crippen LogP contribution < -0.4 is 0 Å². The van der Waals surface area contributed by atoms with Gasteiger partial charge in [0.25, 0.3) is 0 Å². The van der Waals surface area contributed by atoms with Gasteiger partial charge in [0.15, 0.2) is 0 Å². The van der Waals surface area contributed by atoms with Gasteiger partial charge in [-0.15, -0.1) is 0 Å². The predicted octanol–water partition coefficient (Wildman–Crippen LogP) is 4.39. The molecule has 0 saturated carbocycles. The van der Waals surface area contributed by atoms with E-state index in [9.17, 15) is 35.9 Å². The van der Waals surface area contributed by atoms with E-state index >= 15 is 0 Å². The van der Waals surface area contributed by atoms with Gasteiger partial charge in [-0.3, -0.25) is 14.6 Å². The summed E-state index contributed by atoms with van der Waals surface area (Å²) in [4.78, 5) is 27.1. The zero-order chi connectivity index (χ0) is 28.8. The predicted molar refractivity (Wildman–Crippen MR) is 127 cm³/mol. The summed E-state index contributed by atoms with van der Waals surface area (Å²) >= 11 is 0. The number of esters is 2. The maximum atomic E-state index is 13.3. The zero-order valence-corrected chi connectivity index (χ0v) is 21.3.